The van der Waals surface area contributed by atoms with E-state index in [0.717, 1.165) is 45.7 Å². The molecule has 0 aliphatic heterocycles. The second kappa shape index (κ2) is 12.8. The largest absolute Gasteiger partial charge is 0.314 e. The third kappa shape index (κ3) is 16.3. The number of rotatable bonds is 15. The van der Waals surface area contributed by atoms with Gasteiger partial charge in [0.2, 0.25) is 0 Å². The molecule has 0 saturated carbocycles. The number of nitrogens with one attached hydrogen (secondary N) is 1. The lowest BCUT2D eigenvalue weighted by Crippen LogP contribution is -2.38. The fourth-order valence-corrected chi connectivity index (χ4v) is 2.60. The zero-order valence-corrected chi connectivity index (χ0v) is 16.4. The van der Waals surface area contributed by atoms with E-state index < -0.39 is 10.1 Å². The number of ketones is 1. The average Bonchev–Trinajstić information content (AvgIpc) is 2.45. The van der Waals surface area contributed by atoms with Crippen molar-refractivity contribution in [2.75, 3.05) is 58.6 Å². The molecule has 0 atom stereocenters. The Morgan fingerprint density at radius 2 is 1.71 bits per heavy atom. The molecular formula is C16H35N3O4S. The maximum Gasteiger partial charge on any atom is 0.266 e. The fourth-order valence-electron chi connectivity index (χ4n) is 2.11. The van der Waals surface area contributed by atoms with Crippen LogP contribution in [-0.4, -0.2) is 87.2 Å². The van der Waals surface area contributed by atoms with Crippen LogP contribution in [0.25, 0.3) is 0 Å². The van der Waals surface area contributed by atoms with Crippen molar-refractivity contribution >= 4 is 15.9 Å². The van der Waals surface area contributed by atoms with E-state index in [4.69, 9.17) is 4.55 Å². The molecular weight excluding hydrogens is 330 g/mol. The summed E-state index contributed by atoms with van der Waals surface area (Å²) in [6.45, 7) is 11.0. The molecule has 0 rings (SSSR count). The van der Waals surface area contributed by atoms with Gasteiger partial charge in [0.15, 0.2) is 0 Å². The van der Waals surface area contributed by atoms with E-state index in [1.165, 1.54) is 0 Å². The molecule has 0 aromatic carbocycles. The van der Waals surface area contributed by atoms with Gasteiger partial charge in [0.25, 0.3) is 10.1 Å². The first kappa shape index (κ1) is 23.5. The molecule has 0 saturated heterocycles. The summed E-state index contributed by atoms with van der Waals surface area (Å²) in [5.41, 5.74) is 0. The molecule has 0 amide bonds. The summed E-state index contributed by atoms with van der Waals surface area (Å²) < 4.78 is 30.7. The van der Waals surface area contributed by atoms with Gasteiger partial charge in [-0.2, -0.15) is 8.42 Å². The van der Waals surface area contributed by atoms with Crippen molar-refractivity contribution in [3.05, 3.63) is 0 Å². The van der Waals surface area contributed by atoms with Crippen molar-refractivity contribution in [2.24, 2.45) is 5.92 Å². The highest BCUT2D eigenvalue weighted by atomic mass is 32.2. The Morgan fingerprint density at radius 3 is 2.25 bits per heavy atom. The molecule has 7 nitrogen and oxygen atoms in total. The van der Waals surface area contributed by atoms with Crippen molar-refractivity contribution in [3.63, 3.8) is 0 Å². The maximum absolute atomic E-state index is 10.9. The first-order valence-corrected chi connectivity index (χ1v) is 10.3. The number of hydrogen-bond donors (Lipinski definition) is 2. The minimum atomic E-state index is -3.91. The molecule has 0 aliphatic rings. The van der Waals surface area contributed by atoms with Gasteiger partial charge in [-0.25, -0.2) is 0 Å². The van der Waals surface area contributed by atoms with Crippen molar-refractivity contribution in [3.8, 4) is 0 Å². The normalized spacial score (nSPS) is 12.5. The summed E-state index contributed by atoms with van der Waals surface area (Å²) in [7, 11) is -1.92. The van der Waals surface area contributed by atoms with Gasteiger partial charge < -0.3 is 15.1 Å². The van der Waals surface area contributed by atoms with E-state index in [0.29, 0.717) is 18.9 Å². The monoisotopic (exact) mass is 365 g/mol. The van der Waals surface area contributed by atoms with Gasteiger partial charge in [0, 0.05) is 45.7 Å². The molecule has 0 aromatic heterocycles. The summed E-state index contributed by atoms with van der Waals surface area (Å²) in [5, 5.41) is 3.34. The van der Waals surface area contributed by atoms with Gasteiger partial charge in [0.05, 0.1) is 5.75 Å². The number of likely N-dealkylation sites (N-methyl/N-ethyl adjacent to an activating group) is 1. The molecule has 0 radical (unpaired) electrons. The number of hydrogen-bond acceptors (Lipinski definition) is 6. The Balaban J connectivity index is 3.97. The summed E-state index contributed by atoms with van der Waals surface area (Å²) in [6.07, 6.45) is 1.58. The molecule has 0 heterocycles. The van der Waals surface area contributed by atoms with Gasteiger partial charge >= 0.3 is 0 Å². The highest BCUT2D eigenvalue weighted by molar-refractivity contribution is 7.85. The SMILES string of the molecule is CC(=O)CCN(C)CCNCCN(CCC(C)C)CCS(=O)(=O)O. The summed E-state index contributed by atoms with van der Waals surface area (Å²) >= 11 is 0. The van der Waals surface area contributed by atoms with Crippen molar-refractivity contribution in [1.29, 1.82) is 0 Å². The summed E-state index contributed by atoms with van der Waals surface area (Å²) in [6, 6.07) is 0. The van der Waals surface area contributed by atoms with Crippen LogP contribution in [-0.2, 0) is 14.9 Å². The third-order valence-electron chi connectivity index (χ3n) is 3.81. The minimum Gasteiger partial charge on any atom is -0.314 e. The Labute approximate surface area is 147 Å². The van der Waals surface area contributed by atoms with Crippen LogP contribution in [0.3, 0.4) is 0 Å². The summed E-state index contributed by atoms with van der Waals surface area (Å²) in [4.78, 5) is 15.1. The molecule has 24 heavy (non-hydrogen) atoms. The zero-order valence-electron chi connectivity index (χ0n) is 15.6. The lowest BCUT2D eigenvalue weighted by atomic mass is 10.1. The van der Waals surface area contributed by atoms with Gasteiger partial charge in [-0.1, -0.05) is 13.8 Å². The Bertz CT molecular complexity index is 441. The summed E-state index contributed by atoms with van der Waals surface area (Å²) in [5.74, 6) is 0.536. The maximum atomic E-state index is 10.9. The van der Waals surface area contributed by atoms with E-state index in [-0.39, 0.29) is 11.5 Å². The minimum absolute atomic E-state index is 0.203. The fraction of sp³-hybridized carbons (Fsp3) is 0.938. The van der Waals surface area contributed by atoms with Crippen LogP contribution in [0.4, 0.5) is 0 Å². The molecule has 0 spiro atoms. The first-order valence-electron chi connectivity index (χ1n) is 8.66. The van der Waals surface area contributed by atoms with E-state index in [9.17, 15) is 13.2 Å². The van der Waals surface area contributed by atoms with Crippen LogP contribution in [0, 0.1) is 5.92 Å². The lowest BCUT2D eigenvalue weighted by molar-refractivity contribution is -0.117. The van der Waals surface area contributed by atoms with Gasteiger partial charge in [0.1, 0.15) is 5.78 Å². The third-order valence-corrected chi connectivity index (χ3v) is 4.51. The highest BCUT2D eigenvalue weighted by Gasteiger charge is 2.11. The van der Waals surface area contributed by atoms with Crippen LogP contribution >= 0.6 is 0 Å². The molecule has 0 unspecified atom stereocenters. The first-order chi connectivity index (χ1) is 11.1. The second-order valence-electron chi connectivity index (χ2n) is 6.82. The molecule has 2 N–H and O–H groups in total. The topological polar surface area (TPSA) is 90.0 Å². The Morgan fingerprint density at radius 1 is 1.08 bits per heavy atom. The molecule has 0 bridgehead atoms. The van der Waals surface area contributed by atoms with Crippen molar-refractivity contribution in [2.45, 2.75) is 33.6 Å². The van der Waals surface area contributed by atoms with Crippen LogP contribution in [0.5, 0.6) is 0 Å². The number of carbonyl (C=O) groups excluding carboxylic acids is 1. The highest BCUT2D eigenvalue weighted by Crippen LogP contribution is 2.02. The predicted molar refractivity (Wildman–Crippen MR) is 98.0 cm³/mol. The van der Waals surface area contributed by atoms with Crippen LogP contribution in [0.2, 0.25) is 0 Å². The molecule has 0 fully saturated rings. The number of carbonyl (C=O) groups is 1. The smallest absolute Gasteiger partial charge is 0.266 e. The number of nitrogens with zero attached hydrogens (tertiary/aromatic N) is 2. The predicted octanol–water partition coefficient (Wildman–Crippen LogP) is 0.723. The van der Waals surface area contributed by atoms with Crippen LogP contribution in [0.15, 0.2) is 0 Å². The number of Topliss-reactive ketones (excluding diaryl/α,β-unsaturated/α-hetero) is 1. The van der Waals surface area contributed by atoms with E-state index in [1.54, 1.807) is 6.92 Å². The average molecular weight is 366 g/mol. The Hall–Kier alpha value is -0.540. The Kier molecular flexibility index (Phi) is 12.5. The van der Waals surface area contributed by atoms with Crippen molar-refractivity contribution < 1.29 is 17.8 Å². The van der Waals surface area contributed by atoms with Gasteiger partial charge in [-0.15, -0.1) is 0 Å². The van der Waals surface area contributed by atoms with Gasteiger partial charge in [-0.05, 0) is 32.9 Å². The standard InChI is InChI=1S/C16H35N3O4S/c1-15(2)5-10-19(13-14-24(21,22)23)12-8-17-7-11-18(4)9-6-16(3)20/h15,17H,5-14H2,1-4H3,(H,21,22,23). The van der Waals surface area contributed by atoms with E-state index in [1.807, 2.05) is 7.05 Å². The molecule has 0 aromatic rings. The second-order valence-corrected chi connectivity index (χ2v) is 8.39. The lowest BCUT2D eigenvalue weighted by Gasteiger charge is -2.23. The van der Waals surface area contributed by atoms with Crippen LogP contribution < -0.4 is 5.32 Å². The molecule has 8 heteroatoms. The van der Waals surface area contributed by atoms with Crippen molar-refractivity contribution in [1.82, 2.24) is 15.1 Å². The zero-order chi connectivity index (χ0) is 18.6. The molecule has 0 aliphatic carbocycles. The van der Waals surface area contributed by atoms with Crippen LogP contribution in [0.1, 0.15) is 33.6 Å². The van der Waals surface area contributed by atoms with Gasteiger partial charge in [-0.3, -0.25) is 9.35 Å². The molecule has 144 valence electrons. The van der Waals surface area contributed by atoms with E-state index >= 15 is 0 Å². The quantitative estimate of drug-likeness (QED) is 0.326. The van der Waals surface area contributed by atoms with E-state index in [2.05, 4.69) is 29.0 Å².